The van der Waals surface area contributed by atoms with E-state index >= 15 is 0 Å². The van der Waals surface area contributed by atoms with Gasteiger partial charge in [-0.15, -0.1) is 0 Å². The van der Waals surface area contributed by atoms with Gasteiger partial charge in [-0.1, -0.05) is 41.9 Å². The maximum atomic E-state index is 13.0. The van der Waals surface area contributed by atoms with E-state index in [2.05, 4.69) is 34.7 Å². The fourth-order valence-electron chi connectivity index (χ4n) is 3.80. The molecule has 1 fully saturated rings. The van der Waals surface area contributed by atoms with Crippen LogP contribution in [0.5, 0.6) is 5.75 Å². The highest BCUT2D eigenvalue weighted by Gasteiger charge is 2.45. The SMILES string of the molecule is CCN(CC)CCN1C(=O)C(=O)/C(=C(\O)c2ccc(OC)cc2)C1c1ccc(Br)cc1. The van der Waals surface area contributed by atoms with Gasteiger partial charge in [0.1, 0.15) is 11.5 Å². The molecule has 0 spiro atoms. The summed E-state index contributed by atoms with van der Waals surface area (Å²) >= 11 is 3.43. The largest absolute Gasteiger partial charge is 0.507 e. The minimum Gasteiger partial charge on any atom is -0.507 e. The number of likely N-dealkylation sites (N-methyl/N-ethyl adjacent to an activating group) is 1. The van der Waals surface area contributed by atoms with Crippen LogP contribution < -0.4 is 4.74 Å². The number of carbonyl (C=O) groups excluding carboxylic acids is 2. The summed E-state index contributed by atoms with van der Waals surface area (Å²) < 4.78 is 6.07. The molecule has 164 valence electrons. The van der Waals surface area contributed by atoms with Crippen molar-refractivity contribution in [2.75, 3.05) is 33.3 Å². The number of hydrogen-bond acceptors (Lipinski definition) is 5. The predicted octanol–water partition coefficient (Wildman–Crippen LogP) is 4.22. The highest BCUT2D eigenvalue weighted by atomic mass is 79.9. The average molecular weight is 487 g/mol. The molecule has 0 radical (unpaired) electrons. The highest BCUT2D eigenvalue weighted by Crippen LogP contribution is 2.39. The number of methoxy groups -OCH3 is 1. The van der Waals surface area contributed by atoms with Gasteiger partial charge in [0.2, 0.25) is 0 Å². The Kier molecular flexibility index (Phi) is 7.51. The Labute approximate surface area is 191 Å². The van der Waals surface area contributed by atoms with Crippen LogP contribution in [0.2, 0.25) is 0 Å². The van der Waals surface area contributed by atoms with Crippen LogP contribution >= 0.6 is 15.9 Å². The maximum absolute atomic E-state index is 13.0. The molecule has 3 rings (SSSR count). The molecular weight excluding hydrogens is 460 g/mol. The first-order chi connectivity index (χ1) is 14.9. The van der Waals surface area contributed by atoms with Crippen LogP contribution in [0.15, 0.2) is 58.6 Å². The van der Waals surface area contributed by atoms with Gasteiger partial charge in [0.15, 0.2) is 0 Å². The first-order valence-electron chi connectivity index (χ1n) is 10.3. The zero-order valence-corrected chi connectivity index (χ0v) is 19.6. The van der Waals surface area contributed by atoms with E-state index in [0.29, 0.717) is 24.4 Å². The van der Waals surface area contributed by atoms with Crippen LogP contribution in [0, 0.1) is 0 Å². The molecule has 1 saturated heterocycles. The number of halogens is 1. The number of Topliss-reactive ketones (excluding diaryl/α,β-unsaturated/α-hetero) is 1. The number of carbonyl (C=O) groups is 2. The molecule has 1 aliphatic heterocycles. The van der Waals surface area contributed by atoms with E-state index in [1.807, 2.05) is 24.3 Å². The Bertz CT molecular complexity index is 966. The lowest BCUT2D eigenvalue weighted by Crippen LogP contribution is -2.38. The van der Waals surface area contributed by atoms with Gasteiger partial charge in [0.25, 0.3) is 11.7 Å². The normalized spacial score (nSPS) is 18.1. The molecule has 1 unspecified atom stereocenters. The number of amides is 1. The lowest BCUT2D eigenvalue weighted by molar-refractivity contribution is -0.140. The lowest BCUT2D eigenvalue weighted by atomic mass is 9.95. The predicted molar refractivity (Wildman–Crippen MR) is 124 cm³/mol. The standard InChI is InChI=1S/C24H27BrN2O4/c1-4-26(5-2)14-15-27-21(16-6-10-18(25)11-7-16)20(23(29)24(27)30)22(28)17-8-12-19(31-3)13-9-17/h6-13,21,28H,4-5,14-15H2,1-3H3/b22-20-. The second-order valence-corrected chi connectivity index (χ2v) is 8.22. The number of likely N-dealkylation sites (tertiary alicyclic amines) is 1. The first kappa shape index (κ1) is 23.0. The van der Waals surface area contributed by atoms with Crippen molar-refractivity contribution in [3.63, 3.8) is 0 Å². The number of benzene rings is 2. The van der Waals surface area contributed by atoms with Crippen molar-refractivity contribution >= 4 is 33.4 Å². The molecule has 1 N–H and O–H groups in total. The monoisotopic (exact) mass is 486 g/mol. The number of rotatable bonds is 8. The van der Waals surface area contributed by atoms with Crippen molar-refractivity contribution in [2.45, 2.75) is 19.9 Å². The van der Waals surface area contributed by atoms with Crippen LogP contribution in [0.4, 0.5) is 0 Å². The molecule has 31 heavy (non-hydrogen) atoms. The van der Waals surface area contributed by atoms with Crippen molar-refractivity contribution in [3.05, 3.63) is 69.7 Å². The third kappa shape index (κ3) is 4.83. The van der Waals surface area contributed by atoms with Crippen molar-refractivity contribution in [3.8, 4) is 5.75 Å². The Morgan fingerprint density at radius 2 is 1.68 bits per heavy atom. The van der Waals surface area contributed by atoms with E-state index < -0.39 is 17.7 Å². The van der Waals surface area contributed by atoms with E-state index in [9.17, 15) is 14.7 Å². The molecule has 0 saturated carbocycles. The van der Waals surface area contributed by atoms with Crippen molar-refractivity contribution < 1.29 is 19.4 Å². The van der Waals surface area contributed by atoms with Crippen molar-refractivity contribution in [1.29, 1.82) is 0 Å². The summed E-state index contributed by atoms with van der Waals surface area (Å²) in [7, 11) is 1.56. The summed E-state index contributed by atoms with van der Waals surface area (Å²) in [5.74, 6) is -0.795. The number of nitrogens with zero attached hydrogens (tertiary/aromatic N) is 2. The minimum absolute atomic E-state index is 0.108. The molecule has 7 heteroatoms. The van der Waals surface area contributed by atoms with Gasteiger partial charge in [0.05, 0.1) is 18.7 Å². The molecule has 1 heterocycles. The molecule has 2 aromatic carbocycles. The molecule has 1 aliphatic rings. The van der Waals surface area contributed by atoms with Crippen molar-refractivity contribution in [2.24, 2.45) is 0 Å². The van der Waals surface area contributed by atoms with Gasteiger partial charge in [-0.25, -0.2) is 0 Å². The average Bonchev–Trinajstić information content (AvgIpc) is 3.05. The number of ketones is 1. The van der Waals surface area contributed by atoms with Gasteiger partial charge < -0.3 is 19.6 Å². The zero-order chi connectivity index (χ0) is 22.5. The van der Waals surface area contributed by atoms with E-state index in [1.54, 1.807) is 36.3 Å². The number of ether oxygens (including phenoxy) is 1. The van der Waals surface area contributed by atoms with Crippen LogP contribution in [-0.2, 0) is 9.59 Å². The Hall–Kier alpha value is -2.64. The van der Waals surface area contributed by atoms with Crippen LogP contribution in [0.3, 0.4) is 0 Å². The summed E-state index contributed by atoms with van der Waals surface area (Å²) in [6.45, 7) is 6.88. The van der Waals surface area contributed by atoms with E-state index in [1.165, 1.54) is 0 Å². The molecule has 2 aromatic rings. The molecule has 1 amide bonds. The van der Waals surface area contributed by atoms with Gasteiger partial charge in [-0.05, 0) is 55.1 Å². The van der Waals surface area contributed by atoms with Gasteiger partial charge in [-0.2, -0.15) is 0 Å². The molecule has 0 aliphatic carbocycles. The molecular formula is C24H27BrN2O4. The molecule has 0 bridgehead atoms. The molecule has 6 nitrogen and oxygen atoms in total. The second-order valence-electron chi connectivity index (χ2n) is 7.30. The van der Waals surface area contributed by atoms with E-state index in [-0.39, 0.29) is 11.3 Å². The maximum Gasteiger partial charge on any atom is 0.295 e. The second kappa shape index (κ2) is 10.1. The van der Waals surface area contributed by atoms with Gasteiger partial charge >= 0.3 is 0 Å². The van der Waals surface area contributed by atoms with E-state index in [0.717, 1.165) is 23.1 Å². The topological polar surface area (TPSA) is 70.1 Å². The fraction of sp³-hybridized carbons (Fsp3) is 0.333. The molecule has 0 aromatic heterocycles. The summed E-state index contributed by atoms with van der Waals surface area (Å²) in [4.78, 5) is 29.8. The van der Waals surface area contributed by atoms with E-state index in [4.69, 9.17) is 4.74 Å². The smallest absolute Gasteiger partial charge is 0.295 e. The third-order valence-electron chi connectivity index (χ3n) is 5.64. The van der Waals surface area contributed by atoms with Crippen molar-refractivity contribution in [1.82, 2.24) is 9.80 Å². The first-order valence-corrected chi connectivity index (χ1v) is 11.1. The Morgan fingerprint density at radius 3 is 2.23 bits per heavy atom. The van der Waals surface area contributed by atoms with Crippen LogP contribution in [-0.4, -0.2) is 59.9 Å². The number of aliphatic hydroxyl groups is 1. The summed E-state index contributed by atoms with van der Waals surface area (Å²) in [5.41, 5.74) is 1.35. The Morgan fingerprint density at radius 1 is 1.06 bits per heavy atom. The quantitative estimate of drug-likeness (QED) is 0.343. The number of hydrogen-bond donors (Lipinski definition) is 1. The van der Waals surface area contributed by atoms with Gasteiger partial charge in [0, 0.05) is 23.1 Å². The van der Waals surface area contributed by atoms with Gasteiger partial charge in [-0.3, -0.25) is 9.59 Å². The third-order valence-corrected chi connectivity index (χ3v) is 6.17. The van der Waals surface area contributed by atoms with Crippen LogP contribution in [0.25, 0.3) is 5.76 Å². The fourth-order valence-corrected chi connectivity index (χ4v) is 4.06. The minimum atomic E-state index is -0.666. The number of aliphatic hydroxyl groups excluding tert-OH is 1. The summed E-state index contributed by atoms with van der Waals surface area (Å²) in [6, 6.07) is 13.6. The van der Waals surface area contributed by atoms with Crippen LogP contribution in [0.1, 0.15) is 31.0 Å². The molecule has 1 atom stereocenters. The summed E-state index contributed by atoms with van der Waals surface area (Å²) in [5, 5.41) is 11.1. The summed E-state index contributed by atoms with van der Waals surface area (Å²) in [6.07, 6.45) is 0. The lowest BCUT2D eigenvalue weighted by Gasteiger charge is -2.28. The zero-order valence-electron chi connectivity index (χ0n) is 18.0. The Balaban J connectivity index is 2.07. The highest BCUT2D eigenvalue weighted by molar-refractivity contribution is 9.10.